The minimum atomic E-state index is -1.16. The summed E-state index contributed by atoms with van der Waals surface area (Å²) in [6.07, 6.45) is -0.227. The minimum absolute atomic E-state index is 0.0583. The molecule has 4 rings (SSSR count). The van der Waals surface area contributed by atoms with E-state index in [2.05, 4.69) is 46.4 Å². The third-order valence-corrected chi connectivity index (χ3v) is 6.50. The molecule has 37 heavy (non-hydrogen) atoms. The number of hydrogen-bond acceptors (Lipinski definition) is 9. The van der Waals surface area contributed by atoms with Crippen LogP contribution in [0.15, 0.2) is 36.9 Å². The van der Waals surface area contributed by atoms with Crippen LogP contribution in [0.25, 0.3) is 11.2 Å². The van der Waals surface area contributed by atoms with Crippen molar-refractivity contribution in [1.29, 1.82) is 0 Å². The maximum Gasteiger partial charge on any atom is 0.319 e. The second-order valence-corrected chi connectivity index (χ2v) is 10.5. The normalized spacial score (nSPS) is 22.0. The molecule has 12 nitrogen and oxygen atoms in total. The summed E-state index contributed by atoms with van der Waals surface area (Å²) in [5.41, 5.74) is 8.67. The number of carbonyl (C=O) groups is 1. The highest BCUT2D eigenvalue weighted by molar-refractivity contribution is 5.89. The fourth-order valence-corrected chi connectivity index (χ4v) is 4.34. The second-order valence-electron chi connectivity index (χ2n) is 10.5. The monoisotopic (exact) mass is 512 g/mol. The third kappa shape index (κ3) is 6.16. The molecule has 1 saturated heterocycles. The number of likely N-dealkylation sites (N-methyl/N-ethyl adjacent to an activating group) is 1. The Morgan fingerprint density at radius 2 is 1.89 bits per heavy atom. The Labute approximate surface area is 215 Å². The van der Waals surface area contributed by atoms with E-state index < -0.39 is 24.5 Å². The van der Waals surface area contributed by atoms with Crippen molar-refractivity contribution < 1.29 is 19.7 Å². The number of aliphatic hydroxyl groups excluding tert-OH is 2. The number of fused-ring (bicyclic) bond motifs is 1. The zero-order valence-electron chi connectivity index (χ0n) is 21.6. The highest BCUT2D eigenvalue weighted by Gasteiger charge is 2.44. The van der Waals surface area contributed by atoms with Crippen LogP contribution in [0.3, 0.4) is 0 Å². The van der Waals surface area contributed by atoms with E-state index in [9.17, 15) is 15.0 Å². The molecule has 0 bridgehead atoms. The molecule has 1 aliphatic rings. The molecule has 1 aliphatic heterocycles. The number of nitrogens with one attached hydrogen (secondary N) is 2. The Morgan fingerprint density at radius 3 is 2.59 bits per heavy atom. The number of amides is 2. The Hall–Kier alpha value is -3.32. The molecule has 0 radical (unpaired) electrons. The number of nitrogens with two attached hydrogens (primary N) is 1. The number of benzene rings is 1. The lowest BCUT2D eigenvalue weighted by atomic mass is 9.87. The fraction of sp³-hybridized carbons (Fsp3) is 0.520. The number of rotatable bonds is 8. The first-order chi connectivity index (χ1) is 17.5. The van der Waals surface area contributed by atoms with Gasteiger partial charge in [-0.15, -0.1) is 0 Å². The predicted molar refractivity (Wildman–Crippen MR) is 140 cm³/mol. The van der Waals surface area contributed by atoms with Gasteiger partial charge in [0.1, 0.15) is 30.2 Å². The molecule has 200 valence electrons. The molecule has 2 amide bonds. The number of ether oxygens (including phenoxy) is 1. The molecule has 1 aromatic carbocycles. The highest BCUT2D eigenvalue weighted by atomic mass is 16.6. The van der Waals surface area contributed by atoms with E-state index in [1.165, 1.54) is 18.2 Å². The molecule has 1 unspecified atom stereocenters. The molecule has 4 atom stereocenters. The Kier molecular flexibility index (Phi) is 7.93. The summed E-state index contributed by atoms with van der Waals surface area (Å²) in [4.78, 5) is 26.5. The van der Waals surface area contributed by atoms with E-state index in [4.69, 9.17) is 10.5 Å². The number of nitrogens with zero attached hydrogens (tertiary/aromatic N) is 5. The molecular formula is C25H36N8O4. The van der Waals surface area contributed by atoms with Crippen molar-refractivity contribution in [2.24, 2.45) is 0 Å². The van der Waals surface area contributed by atoms with Crippen LogP contribution < -0.4 is 16.4 Å². The lowest BCUT2D eigenvalue weighted by molar-refractivity contribution is -0.0421. The smallest absolute Gasteiger partial charge is 0.319 e. The fourth-order valence-electron chi connectivity index (χ4n) is 4.34. The van der Waals surface area contributed by atoms with Crippen LogP contribution >= 0.6 is 0 Å². The topological polar surface area (TPSA) is 164 Å². The van der Waals surface area contributed by atoms with Crippen LogP contribution in [-0.4, -0.2) is 85.7 Å². The van der Waals surface area contributed by atoms with Crippen LogP contribution in [0.5, 0.6) is 0 Å². The summed E-state index contributed by atoms with van der Waals surface area (Å²) in [6, 6.07) is 7.57. The van der Waals surface area contributed by atoms with Crippen molar-refractivity contribution >= 4 is 28.7 Å². The van der Waals surface area contributed by atoms with Gasteiger partial charge in [0, 0.05) is 18.8 Å². The largest absolute Gasteiger partial charge is 0.387 e. The molecule has 3 heterocycles. The van der Waals surface area contributed by atoms with Crippen molar-refractivity contribution in [3.8, 4) is 0 Å². The molecule has 1 fully saturated rings. The number of imidazole rings is 1. The van der Waals surface area contributed by atoms with Gasteiger partial charge in [0.05, 0.1) is 6.33 Å². The number of anilines is 2. The van der Waals surface area contributed by atoms with Crippen LogP contribution in [0.4, 0.5) is 16.3 Å². The summed E-state index contributed by atoms with van der Waals surface area (Å²) >= 11 is 0. The molecule has 0 saturated carbocycles. The first-order valence-electron chi connectivity index (χ1n) is 12.3. The van der Waals surface area contributed by atoms with Crippen molar-refractivity contribution in [2.45, 2.75) is 57.1 Å². The molecule has 2 aromatic heterocycles. The van der Waals surface area contributed by atoms with Crippen molar-refractivity contribution in [3.05, 3.63) is 42.5 Å². The van der Waals surface area contributed by atoms with Crippen LogP contribution in [0.1, 0.15) is 39.0 Å². The third-order valence-electron chi connectivity index (χ3n) is 6.50. The summed E-state index contributed by atoms with van der Waals surface area (Å²) in [5.74, 6) is 0.230. The summed E-state index contributed by atoms with van der Waals surface area (Å²) in [5, 5.41) is 26.9. The van der Waals surface area contributed by atoms with E-state index in [1.54, 1.807) is 4.57 Å². The van der Waals surface area contributed by atoms with Crippen molar-refractivity contribution in [2.75, 3.05) is 37.7 Å². The zero-order valence-corrected chi connectivity index (χ0v) is 21.6. The number of urea groups is 1. The van der Waals surface area contributed by atoms with E-state index >= 15 is 0 Å². The predicted octanol–water partition coefficient (Wildman–Crippen LogP) is 1.47. The number of aliphatic hydroxyl groups is 2. The number of nitrogen functional groups attached to an aromatic ring is 1. The molecule has 0 spiro atoms. The second kappa shape index (κ2) is 11.0. The molecular weight excluding hydrogens is 476 g/mol. The van der Waals surface area contributed by atoms with E-state index in [1.807, 2.05) is 36.2 Å². The summed E-state index contributed by atoms with van der Waals surface area (Å²) < 4.78 is 7.55. The minimum Gasteiger partial charge on any atom is -0.387 e. The molecule has 12 heteroatoms. The van der Waals surface area contributed by atoms with Gasteiger partial charge < -0.3 is 36.2 Å². The van der Waals surface area contributed by atoms with Gasteiger partial charge in [-0.25, -0.2) is 19.7 Å². The van der Waals surface area contributed by atoms with Gasteiger partial charge in [0.2, 0.25) is 0 Å². The molecule has 0 aliphatic carbocycles. The van der Waals surface area contributed by atoms with E-state index in [0.29, 0.717) is 37.2 Å². The Morgan fingerprint density at radius 1 is 1.16 bits per heavy atom. The van der Waals surface area contributed by atoms with Crippen molar-refractivity contribution in [1.82, 2.24) is 29.7 Å². The first kappa shape index (κ1) is 26.7. The van der Waals surface area contributed by atoms with Crippen molar-refractivity contribution in [3.63, 3.8) is 0 Å². The molecule has 3 aromatic rings. The lowest BCUT2D eigenvalue weighted by Gasteiger charge is -2.22. The zero-order chi connectivity index (χ0) is 26.7. The van der Waals surface area contributed by atoms with Gasteiger partial charge in [0.25, 0.3) is 0 Å². The van der Waals surface area contributed by atoms with Gasteiger partial charge in [-0.1, -0.05) is 32.9 Å². The van der Waals surface area contributed by atoms with E-state index in [-0.39, 0.29) is 17.3 Å². The van der Waals surface area contributed by atoms with Gasteiger partial charge in [-0.2, -0.15) is 0 Å². The number of hydrogen-bond donors (Lipinski definition) is 5. The Balaban J connectivity index is 1.21. The maximum atomic E-state index is 12.2. The van der Waals surface area contributed by atoms with Crippen LogP contribution in [-0.2, 0) is 10.2 Å². The quantitative estimate of drug-likeness (QED) is 0.281. The standard InChI is InChI=1S/C25H36N8O4/c1-25(2,3)15-6-8-16(9-7-15)31-24(36)27-10-5-11-32(4)12-17-19(34)20(35)23(37-17)33-14-30-18-21(26)28-13-29-22(18)33/h6-9,13-14,17,19-20,23,34-35H,5,10-12H2,1-4H3,(H2,26,28,29)(H2,27,31,36)/t17-,19-,20-,23?/m1/s1. The highest BCUT2D eigenvalue weighted by Crippen LogP contribution is 2.32. The summed E-state index contributed by atoms with van der Waals surface area (Å²) in [6.45, 7) is 7.97. The SMILES string of the molecule is CN(CCCNC(=O)Nc1ccc(C(C)(C)C)cc1)C[C@H]1OC(n2cnc3c(N)ncnc32)[C@H](O)[C@@H]1O. The van der Waals surface area contributed by atoms with Crippen LogP contribution in [0, 0.1) is 0 Å². The van der Waals surface area contributed by atoms with E-state index in [0.717, 1.165) is 5.69 Å². The average molecular weight is 513 g/mol. The lowest BCUT2D eigenvalue weighted by Crippen LogP contribution is -2.39. The van der Waals surface area contributed by atoms with Gasteiger partial charge in [0.15, 0.2) is 17.7 Å². The van der Waals surface area contributed by atoms with Crippen LogP contribution in [0.2, 0.25) is 0 Å². The Bertz CT molecular complexity index is 1210. The molecule has 6 N–H and O–H groups in total. The first-order valence-corrected chi connectivity index (χ1v) is 12.3. The van der Waals surface area contributed by atoms with Gasteiger partial charge in [-0.3, -0.25) is 4.57 Å². The number of carbonyl (C=O) groups excluding carboxylic acids is 1. The number of aromatic nitrogens is 4. The van der Waals surface area contributed by atoms with Gasteiger partial charge in [-0.05, 0) is 43.1 Å². The average Bonchev–Trinajstić information content (AvgIpc) is 3.39. The maximum absolute atomic E-state index is 12.2. The summed E-state index contributed by atoms with van der Waals surface area (Å²) in [7, 11) is 1.90. The van der Waals surface area contributed by atoms with Gasteiger partial charge >= 0.3 is 6.03 Å².